The lowest BCUT2D eigenvalue weighted by molar-refractivity contribution is -0.384. The van der Waals surface area contributed by atoms with Gasteiger partial charge in [0.25, 0.3) is 5.69 Å². The van der Waals surface area contributed by atoms with Crippen molar-refractivity contribution in [2.75, 3.05) is 31.6 Å². The van der Waals surface area contributed by atoms with Gasteiger partial charge in [0, 0.05) is 24.7 Å². The van der Waals surface area contributed by atoms with E-state index in [0.717, 1.165) is 25.7 Å². The molecule has 2 rings (SSSR count). The van der Waals surface area contributed by atoms with Crippen molar-refractivity contribution in [3.05, 3.63) is 33.9 Å². The van der Waals surface area contributed by atoms with Crippen molar-refractivity contribution in [2.24, 2.45) is 0 Å². The van der Waals surface area contributed by atoms with Crippen molar-refractivity contribution in [2.45, 2.75) is 57.0 Å². The summed E-state index contributed by atoms with van der Waals surface area (Å²) in [5.41, 5.74) is 1.09. The zero-order chi connectivity index (χ0) is 22.1. The van der Waals surface area contributed by atoms with Crippen molar-refractivity contribution in [3.8, 4) is 11.8 Å². The van der Waals surface area contributed by atoms with Gasteiger partial charge in [-0.25, -0.2) is 0 Å². The van der Waals surface area contributed by atoms with Crippen LogP contribution in [-0.4, -0.2) is 80.8 Å². The molecule has 0 saturated carbocycles. The summed E-state index contributed by atoms with van der Waals surface area (Å²) in [7, 11) is 0. The van der Waals surface area contributed by atoms with Gasteiger partial charge in [0.05, 0.1) is 23.7 Å². The molecule has 0 aromatic heterocycles. The normalized spacial score (nSPS) is 24.2. The molecule has 1 aromatic rings. The average Bonchev–Trinajstić information content (AvgIpc) is 2.72. The highest BCUT2D eigenvalue weighted by atomic mass is 16.6. The highest BCUT2D eigenvalue weighted by Crippen LogP contribution is 2.25. The Morgan fingerprint density at radius 1 is 1.20 bits per heavy atom. The second kappa shape index (κ2) is 11.8. The van der Waals surface area contributed by atoms with E-state index in [-0.39, 0.29) is 18.8 Å². The van der Waals surface area contributed by atoms with Gasteiger partial charge in [-0.15, -0.1) is 5.92 Å². The summed E-state index contributed by atoms with van der Waals surface area (Å²) < 4.78 is 0. The third kappa shape index (κ3) is 6.39. The molecule has 166 valence electrons. The number of aliphatic hydroxyl groups is 4. The van der Waals surface area contributed by atoms with Gasteiger partial charge in [0.2, 0.25) is 0 Å². The van der Waals surface area contributed by atoms with E-state index in [1.165, 1.54) is 6.07 Å². The number of nitro groups is 1. The molecular weight excluding hydrogens is 390 g/mol. The highest BCUT2D eigenvalue weighted by Gasteiger charge is 2.40. The minimum Gasteiger partial charge on any atom is -0.395 e. The second-order valence-corrected chi connectivity index (χ2v) is 7.50. The lowest BCUT2D eigenvalue weighted by Gasteiger charge is -2.43. The molecule has 0 spiro atoms. The standard InChI is InChI=1S/C21H31N3O6/c1-2-7-15-8-9-16(17(12-15)24(29)30)22-10-5-3-4-6-11-23-13-19(26)21(28)20(27)18(23)14-25/h8-9,12,18-22,25-28H,3-6,10-11,13-14H2,1H3/t18-,19+,20-,21-/m1/s1. The molecule has 0 amide bonds. The Morgan fingerprint density at radius 2 is 1.93 bits per heavy atom. The number of piperidine rings is 1. The van der Waals surface area contributed by atoms with Crippen LogP contribution in [0.25, 0.3) is 0 Å². The second-order valence-electron chi connectivity index (χ2n) is 7.50. The van der Waals surface area contributed by atoms with Crippen LogP contribution < -0.4 is 5.32 Å². The number of β-amino-alcohol motifs (C(OH)–C–C–N with tert-alkyl or cyclic N) is 1. The van der Waals surface area contributed by atoms with E-state index >= 15 is 0 Å². The number of likely N-dealkylation sites (tertiary alicyclic amines) is 1. The van der Waals surface area contributed by atoms with Crippen molar-refractivity contribution in [1.82, 2.24) is 4.90 Å². The quantitative estimate of drug-likeness (QED) is 0.161. The zero-order valence-corrected chi connectivity index (χ0v) is 17.2. The van der Waals surface area contributed by atoms with Crippen molar-refractivity contribution in [1.29, 1.82) is 0 Å². The lowest BCUT2D eigenvalue weighted by Crippen LogP contribution is -2.62. The number of hydrogen-bond donors (Lipinski definition) is 5. The Morgan fingerprint density at radius 3 is 2.60 bits per heavy atom. The molecule has 0 bridgehead atoms. The first kappa shape index (κ1) is 24.1. The summed E-state index contributed by atoms with van der Waals surface area (Å²) in [5.74, 6) is 5.54. The number of nitrogens with one attached hydrogen (secondary N) is 1. The molecule has 1 aliphatic rings. The summed E-state index contributed by atoms with van der Waals surface area (Å²) in [6.07, 6.45) is 0.0176. The first-order valence-corrected chi connectivity index (χ1v) is 10.2. The maximum absolute atomic E-state index is 11.3. The van der Waals surface area contributed by atoms with Gasteiger partial charge >= 0.3 is 0 Å². The molecule has 5 N–H and O–H groups in total. The number of nitrogens with zero attached hydrogens (tertiary/aromatic N) is 2. The topological polar surface area (TPSA) is 139 Å². The van der Waals surface area contributed by atoms with Crippen LogP contribution in [0.4, 0.5) is 11.4 Å². The molecular formula is C21H31N3O6. The van der Waals surface area contributed by atoms with Crippen LogP contribution in [0, 0.1) is 22.0 Å². The van der Waals surface area contributed by atoms with E-state index in [2.05, 4.69) is 17.2 Å². The van der Waals surface area contributed by atoms with E-state index < -0.39 is 29.3 Å². The molecule has 1 heterocycles. The zero-order valence-electron chi connectivity index (χ0n) is 17.2. The predicted octanol–water partition coefficient (Wildman–Crippen LogP) is 0.698. The Balaban J connectivity index is 1.72. The number of unbranched alkanes of at least 4 members (excludes halogenated alkanes) is 3. The number of benzene rings is 1. The first-order valence-electron chi connectivity index (χ1n) is 10.2. The summed E-state index contributed by atoms with van der Waals surface area (Å²) in [4.78, 5) is 12.7. The predicted molar refractivity (Wildman–Crippen MR) is 113 cm³/mol. The monoisotopic (exact) mass is 421 g/mol. The fraction of sp³-hybridized carbons (Fsp3) is 0.619. The third-order valence-electron chi connectivity index (χ3n) is 5.37. The van der Waals surface area contributed by atoms with Gasteiger partial charge < -0.3 is 25.7 Å². The average molecular weight is 421 g/mol. The van der Waals surface area contributed by atoms with Crippen molar-refractivity contribution < 1.29 is 25.3 Å². The molecule has 30 heavy (non-hydrogen) atoms. The van der Waals surface area contributed by atoms with Crippen LogP contribution in [0.3, 0.4) is 0 Å². The Labute approximate surface area is 176 Å². The molecule has 1 aromatic carbocycles. The summed E-state index contributed by atoms with van der Waals surface area (Å²) in [6, 6.07) is 4.32. The van der Waals surface area contributed by atoms with Crippen LogP contribution >= 0.6 is 0 Å². The molecule has 4 atom stereocenters. The van der Waals surface area contributed by atoms with Crippen LogP contribution in [0.15, 0.2) is 18.2 Å². The third-order valence-corrected chi connectivity index (χ3v) is 5.37. The smallest absolute Gasteiger partial charge is 0.293 e. The first-order chi connectivity index (χ1) is 14.4. The largest absolute Gasteiger partial charge is 0.395 e. The molecule has 0 aliphatic carbocycles. The van der Waals surface area contributed by atoms with Gasteiger partial charge in [-0.05, 0) is 38.4 Å². The van der Waals surface area contributed by atoms with Crippen LogP contribution in [0.5, 0.6) is 0 Å². The van der Waals surface area contributed by atoms with Gasteiger partial charge in [-0.3, -0.25) is 15.0 Å². The number of anilines is 1. The van der Waals surface area contributed by atoms with Crippen LogP contribution in [0.2, 0.25) is 0 Å². The number of aliphatic hydroxyl groups excluding tert-OH is 4. The fourth-order valence-electron chi connectivity index (χ4n) is 3.71. The van der Waals surface area contributed by atoms with Crippen LogP contribution in [0.1, 0.15) is 38.2 Å². The molecule has 1 fully saturated rings. The van der Waals surface area contributed by atoms with Crippen LogP contribution in [-0.2, 0) is 0 Å². The number of nitro benzene ring substituents is 1. The Bertz CT molecular complexity index is 763. The highest BCUT2D eigenvalue weighted by molar-refractivity contribution is 5.64. The van der Waals surface area contributed by atoms with Gasteiger partial charge in [0.15, 0.2) is 0 Å². The minimum absolute atomic E-state index is 0.00898. The molecule has 1 saturated heterocycles. The Kier molecular flexibility index (Phi) is 9.49. The number of rotatable bonds is 10. The van der Waals surface area contributed by atoms with Gasteiger partial charge in [-0.2, -0.15) is 0 Å². The Hall–Kier alpha value is -2.22. The summed E-state index contributed by atoms with van der Waals surface area (Å²) in [5, 5.41) is 53.4. The summed E-state index contributed by atoms with van der Waals surface area (Å²) in [6.45, 7) is 2.82. The minimum atomic E-state index is -1.24. The molecule has 0 radical (unpaired) electrons. The van der Waals surface area contributed by atoms with E-state index in [1.54, 1.807) is 19.1 Å². The fourth-order valence-corrected chi connectivity index (χ4v) is 3.71. The van der Waals surface area contributed by atoms with E-state index in [4.69, 9.17) is 0 Å². The maximum atomic E-state index is 11.3. The lowest BCUT2D eigenvalue weighted by atomic mass is 9.94. The molecule has 0 unspecified atom stereocenters. The summed E-state index contributed by atoms with van der Waals surface area (Å²) >= 11 is 0. The number of hydrogen-bond acceptors (Lipinski definition) is 8. The van der Waals surface area contributed by atoms with Crippen molar-refractivity contribution >= 4 is 11.4 Å². The van der Waals surface area contributed by atoms with Gasteiger partial charge in [-0.1, -0.05) is 18.8 Å². The van der Waals surface area contributed by atoms with E-state index in [0.29, 0.717) is 24.3 Å². The molecule has 1 aliphatic heterocycles. The molecule has 9 nitrogen and oxygen atoms in total. The maximum Gasteiger partial charge on any atom is 0.293 e. The SMILES string of the molecule is CC#Cc1ccc(NCCCCCCN2C[C@H](O)[C@@H](O)[C@H](O)[C@H]2CO)c([N+](=O)[O-])c1. The van der Waals surface area contributed by atoms with Gasteiger partial charge in [0.1, 0.15) is 17.9 Å². The van der Waals surface area contributed by atoms with E-state index in [1.807, 2.05) is 4.90 Å². The molecule has 9 heteroatoms. The van der Waals surface area contributed by atoms with Crippen molar-refractivity contribution in [3.63, 3.8) is 0 Å². The van der Waals surface area contributed by atoms with E-state index in [9.17, 15) is 30.5 Å².